The monoisotopic (exact) mass is 312 g/mol. The van der Waals surface area contributed by atoms with E-state index in [0.717, 1.165) is 5.56 Å². The Morgan fingerprint density at radius 3 is 2.52 bits per heavy atom. The summed E-state index contributed by atoms with van der Waals surface area (Å²) in [7, 11) is 3.10. The molecule has 0 fully saturated rings. The number of rotatable bonds is 4. The normalized spacial score (nSPS) is 10.7. The SMILES string of the molecule is COc1ccc(Cc2c(O)c3ccccc3oc2=O)cc1OC. The highest BCUT2D eigenvalue weighted by Crippen LogP contribution is 2.31. The summed E-state index contributed by atoms with van der Waals surface area (Å²) < 4.78 is 15.7. The molecule has 0 spiro atoms. The maximum atomic E-state index is 12.2. The molecule has 0 aliphatic heterocycles. The lowest BCUT2D eigenvalue weighted by molar-refractivity contribution is 0.354. The van der Waals surface area contributed by atoms with E-state index >= 15 is 0 Å². The molecule has 23 heavy (non-hydrogen) atoms. The molecule has 0 aliphatic rings. The van der Waals surface area contributed by atoms with Crippen molar-refractivity contribution in [2.75, 3.05) is 14.2 Å². The van der Waals surface area contributed by atoms with Crippen LogP contribution in [-0.2, 0) is 6.42 Å². The summed E-state index contributed by atoms with van der Waals surface area (Å²) in [6.07, 6.45) is 0.235. The van der Waals surface area contributed by atoms with E-state index in [1.807, 2.05) is 6.07 Å². The van der Waals surface area contributed by atoms with Gasteiger partial charge in [0.05, 0.1) is 25.2 Å². The van der Waals surface area contributed by atoms with Crippen LogP contribution in [0.3, 0.4) is 0 Å². The second kappa shape index (κ2) is 6.04. The van der Waals surface area contributed by atoms with Crippen molar-refractivity contribution >= 4 is 11.0 Å². The summed E-state index contributed by atoms with van der Waals surface area (Å²) in [4.78, 5) is 12.2. The van der Waals surface area contributed by atoms with Crippen molar-refractivity contribution in [3.63, 3.8) is 0 Å². The van der Waals surface area contributed by atoms with E-state index in [0.29, 0.717) is 22.5 Å². The van der Waals surface area contributed by atoms with Gasteiger partial charge in [-0.05, 0) is 29.8 Å². The zero-order chi connectivity index (χ0) is 16.4. The summed E-state index contributed by atoms with van der Waals surface area (Å²) in [6, 6.07) is 12.2. The lowest BCUT2D eigenvalue weighted by Gasteiger charge is -2.10. The Hall–Kier alpha value is -2.95. The average molecular weight is 312 g/mol. The van der Waals surface area contributed by atoms with Gasteiger partial charge in [-0.3, -0.25) is 0 Å². The number of aromatic hydroxyl groups is 1. The van der Waals surface area contributed by atoms with Crippen LogP contribution >= 0.6 is 0 Å². The van der Waals surface area contributed by atoms with Gasteiger partial charge >= 0.3 is 5.63 Å². The average Bonchev–Trinajstić information content (AvgIpc) is 2.58. The minimum atomic E-state index is -0.545. The van der Waals surface area contributed by atoms with Crippen molar-refractivity contribution in [2.45, 2.75) is 6.42 Å². The van der Waals surface area contributed by atoms with Crippen LogP contribution in [-0.4, -0.2) is 19.3 Å². The molecule has 118 valence electrons. The first-order chi connectivity index (χ1) is 11.1. The first-order valence-corrected chi connectivity index (χ1v) is 7.08. The first kappa shape index (κ1) is 15.0. The molecule has 1 aromatic heterocycles. The first-order valence-electron chi connectivity index (χ1n) is 7.08. The quantitative estimate of drug-likeness (QED) is 0.750. The summed E-state index contributed by atoms with van der Waals surface area (Å²) in [5.41, 5.74) is 0.846. The van der Waals surface area contributed by atoms with E-state index in [1.165, 1.54) is 0 Å². The molecular weight excluding hydrogens is 296 g/mol. The van der Waals surface area contributed by atoms with E-state index in [4.69, 9.17) is 13.9 Å². The molecule has 0 atom stereocenters. The summed E-state index contributed by atoms with van der Waals surface area (Å²) in [6.45, 7) is 0. The number of fused-ring (bicyclic) bond motifs is 1. The smallest absolute Gasteiger partial charge is 0.343 e. The van der Waals surface area contributed by atoms with Gasteiger partial charge in [-0.15, -0.1) is 0 Å². The largest absolute Gasteiger partial charge is 0.507 e. The third kappa shape index (κ3) is 2.73. The minimum Gasteiger partial charge on any atom is -0.507 e. The molecule has 3 aromatic rings. The van der Waals surface area contributed by atoms with Crippen molar-refractivity contribution < 1.29 is 19.0 Å². The van der Waals surface area contributed by atoms with Crippen molar-refractivity contribution in [2.24, 2.45) is 0 Å². The third-order valence-corrected chi connectivity index (χ3v) is 3.71. The van der Waals surface area contributed by atoms with Crippen LogP contribution in [0, 0.1) is 0 Å². The van der Waals surface area contributed by atoms with E-state index in [2.05, 4.69) is 0 Å². The number of ether oxygens (including phenoxy) is 2. The molecule has 0 saturated heterocycles. The standard InChI is InChI=1S/C18H16O5/c1-21-15-8-7-11(10-16(15)22-2)9-13-17(19)12-5-3-4-6-14(12)23-18(13)20/h3-8,10,19H,9H2,1-2H3. The number of hydrogen-bond acceptors (Lipinski definition) is 5. The zero-order valence-electron chi connectivity index (χ0n) is 12.8. The molecule has 5 nitrogen and oxygen atoms in total. The zero-order valence-corrected chi connectivity index (χ0v) is 12.8. The molecule has 0 radical (unpaired) electrons. The van der Waals surface area contributed by atoms with Gasteiger partial charge in [0, 0.05) is 6.42 Å². The molecule has 0 bridgehead atoms. The van der Waals surface area contributed by atoms with Gasteiger partial charge in [-0.25, -0.2) is 4.79 Å². The summed E-state index contributed by atoms with van der Waals surface area (Å²) in [5, 5.41) is 10.9. The lowest BCUT2D eigenvalue weighted by atomic mass is 10.0. The number of hydrogen-bond donors (Lipinski definition) is 1. The van der Waals surface area contributed by atoms with Gasteiger partial charge in [0.15, 0.2) is 11.5 Å². The van der Waals surface area contributed by atoms with Crippen LogP contribution in [0.1, 0.15) is 11.1 Å². The maximum absolute atomic E-state index is 12.2. The Morgan fingerprint density at radius 2 is 1.78 bits per heavy atom. The van der Waals surface area contributed by atoms with E-state index < -0.39 is 5.63 Å². The molecule has 1 heterocycles. The molecule has 1 N–H and O–H groups in total. The fourth-order valence-corrected chi connectivity index (χ4v) is 2.52. The summed E-state index contributed by atoms with van der Waals surface area (Å²) in [5.74, 6) is 1.12. The van der Waals surface area contributed by atoms with Gasteiger partial charge in [0.25, 0.3) is 0 Å². The van der Waals surface area contributed by atoms with Crippen molar-refractivity contribution in [1.82, 2.24) is 0 Å². The lowest BCUT2D eigenvalue weighted by Crippen LogP contribution is -2.08. The van der Waals surface area contributed by atoms with Crippen molar-refractivity contribution in [3.05, 3.63) is 64.0 Å². The van der Waals surface area contributed by atoms with Crippen LogP contribution < -0.4 is 15.1 Å². The fraction of sp³-hybridized carbons (Fsp3) is 0.167. The molecule has 5 heteroatoms. The maximum Gasteiger partial charge on any atom is 0.343 e. The molecule has 2 aromatic carbocycles. The number of para-hydroxylation sites is 1. The van der Waals surface area contributed by atoms with Crippen LogP contribution in [0.2, 0.25) is 0 Å². The molecule has 0 unspecified atom stereocenters. The van der Waals surface area contributed by atoms with Crippen LogP contribution in [0.5, 0.6) is 17.2 Å². The molecule has 0 saturated carbocycles. The van der Waals surface area contributed by atoms with Gasteiger partial charge in [0.2, 0.25) is 0 Å². The van der Waals surface area contributed by atoms with Crippen LogP contribution in [0.15, 0.2) is 51.7 Å². The van der Waals surface area contributed by atoms with E-state index in [-0.39, 0.29) is 17.7 Å². The van der Waals surface area contributed by atoms with Gasteiger partial charge < -0.3 is 19.0 Å². The highest BCUT2D eigenvalue weighted by Gasteiger charge is 2.15. The van der Waals surface area contributed by atoms with Crippen LogP contribution in [0.4, 0.5) is 0 Å². The fourth-order valence-electron chi connectivity index (χ4n) is 2.52. The molecule has 0 aliphatic carbocycles. The summed E-state index contributed by atoms with van der Waals surface area (Å²) >= 11 is 0. The van der Waals surface area contributed by atoms with Gasteiger partial charge in [-0.1, -0.05) is 18.2 Å². The Kier molecular flexibility index (Phi) is 3.93. The predicted molar refractivity (Wildman–Crippen MR) is 86.5 cm³/mol. The second-order valence-corrected chi connectivity index (χ2v) is 5.08. The minimum absolute atomic E-state index is 0.0494. The Bertz CT molecular complexity index is 911. The topological polar surface area (TPSA) is 68.9 Å². The molecule has 3 rings (SSSR count). The third-order valence-electron chi connectivity index (χ3n) is 3.71. The second-order valence-electron chi connectivity index (χ2n) is 5.08. The molecule has 0 amide bonds. The van der Waals surface area contributed by atoms with Gasteiger partial charge in [0.1, 0.15) is 11.3 Å². The highest BCUT2D eigenvalue weighted by molar-refractivity contribution is 5.84. The number of benzene rings is 2. The van der Waals surface area contributed by atoms with Crippen molar-refractivity contribution in [1.29, 1.82) is 0 Å². The predicted octanol–water partition coefficient (Wildman–Crippen LogP) is 3.11. The molecular formula is C18H16O5. The van der Waals surface area contributed by atoms with E-state index in [9.17, 15) is 9.90 Å². The Morgan fingerprint density at radius 1 is 1.04 bits per heavy atom. The van der Waals surface area contributed by atoms with Crippen molar-refractivity contribution in [3.8, 4) is 17.2 Å². The Labute approximate surface area is 132 Å². The van der Waals surface area contributed by atoms with E-state index in [1.54, 1.807) is 50.6 Å². The Balaban J connectivity index is 2.07. The van der Waals surface area contributed by atoms with Crippen LogP contribution in [0.25, 0.3) is 11.0 Å². The highest BCUT2D eigenvalue weighted by atomic mass is 16.5. The van der Waals surface area contributed by atoms with Gasteiger partial charge in [-0.2, -0.15) is 0 Å². The number of methoxy groups -OCH3 is 2.